The predicted molar refractivity (Wildman–Crippen MR) is 405 cm³/mol. The number of nitrogens with one attached hydrogen (secondary N) is 2. The molecule has 0 radical (unpaired) electrons. The van der Waals surface area contributed by atoms with E-state index in [2.05, 4.69) is 74.7 Å². The van der Waals surface area contributed by atoms with E-state index in [1.165, 1.54) is 31.7 Å². The van der Waals surface area contributed by atoms with E-state index < -0.39 is 21.6 Å². The molecule has 0 saturated carbocycles. The third kappa shape index (κ3) is 24.1. The number of carbonyl (C=O) groups excluding carboxylic acids is 1. The van der Waals surface area contributed by atoms with Gasteiger partial charge in [-0.3, -0.25) is 34.7 Å². The second kappa shape index (κ2) is 41.3. The number of imidazole rings is 4. The Morgan fingerprint density at radius 3 is 1.63 bits per heavy atom. The Hall–Kier alpha value is -12.8. The van der Waals surface area contributed by atoms with Crippen molar-refractivity contribution in [3.8, 4) is 17.2 Å². The smallest absolute Gasteiger partial charge is 0.421 e. The highest BCUT2D eigenvalue weighted by atomic mass is 35.5. The maximum Gasteiger partial charge on any atom is 0.421 e. The van der Waals surface area contributed by atoms with Crippen molar-refractivity contribution in [3.63, 3.8) is 0 Å². The van der Waals surface area contributed by atoms with Crippen molar-refractivity contribution in [2.75, 3.05) is 35.4 Å². The van der Waals surface area contributed by atoms with Gasteiger partial charge in [-0.1, -0.05) is 60.7 Å². The topological polar surface area (TPSA) is 439 Å². The summed E-state index contributed by atoms with van der Waals surface area (Å²) in [6.45, 7) is 9.28. The molecule has 13 aromatic rings. The predicted octanol–water partition coefficient (Wildman–Crippen LogP) is 12.5. The third-order valence-electron chi connectivity index (χ3n) is 16.3. The number of aromatic nitrogens is 18. The number of hydrogen-bond acceptors (Lipinski definition) is 24. The normalized spacial score (nSPS) is 14.1. The lowest BCUT2D eigenvalue weighted by Crippen LogP contribution is -2.22. The standard InChI is InChI=1S/C14H12N2O.C12H12N2O.C11H13N5O2.C11H15N5.C7H10N2O.C6H5ClF3N3.C5H6N2O.C4H5N3O2.C2H3ClO/c1-2-5-12(6-3-1)11-17-13-7-4-9-16-10-8-15-14(13)16;13-12-11(7-4-8-14-12)15-9-10-5-2-1-3-6-10;1-8-10(16(17)18)7-15(13-8)9-3-2-5-14-6-4-12-11(9)14;1-8-9(12)7-16(14-8)10-3-2-5-15-6-4-13-11(10)15;10-6-2-1-4-9-5-3-8-7(6)9;1-11-4-3(6(8,9)10)2-12-5(7)13-4;6-5-4(8)2-1-3-7-5;1-3-4(7(8)9)2-5-6-3;3-1-2-4/h1-10H,11H2;1-8H,9H2,(H2,13,14);4,6-7,9H,2-3,5H2,1H3;4,6-7,10H,2-3,5,12H2,1H3;3,5-6,10H,1-2,4H2;2H,1H3,(H,11,12,13);1-3,8H,(H2,6,7);2H,1H3,(H,5,6);2H,1H2. The number of aliphatic hydroxyl groups excluding tert-OH is 1. The van der Waals surface area contributed by atoms with Crippen LogP contribution in [0.15, 0.2) is 190 Å². The molecule has 578 valence electrons. The molecule has 3 unspecified atom stereocenters. The van der Waals surface area contributed by atoms with E-state index >= 15 is 0 Å². The number of halogens is 5. The molecule has 0 saturated heterocycles. The second-order valence-electron chi connectivity index (χ2n) is 23.9. The SMILES string of the molecule is CNc1nc(Cl)ncc1C(F)(F)F.Cc1[nH]ncc1[N+](=O)[O-].Cc1nn(C2CCCn3ccnc32)cc1N.Cc1nn(C2CCCn3ccnc32)cc1[N+](=O)[O-].Nc1ncccc1O.Nc1ncccc1OCc1ccccc1.O=CCCl.OC1CCCn2ccnc21.c1ccc(COc2cccn3ccnc23)cc1. The summed E-state index contributed by atoms with van der Waals surface area (Å²) in [7, 11) is 1.33. The van der Waals surface area contributed by atoms with Gasteiger partial charge >= 0.3 is 17.6 Å². The highest BCUT2D eigenvalue weighted by Crippen LogP contribution is 2.34. The number of alkyl halides is 4. The van der Waals surface area contributed by atoms with Gasteiger partial charge in [-0.2, -0.15) is 28.5 Å². The van der Waals surface area contributed by atoms with Crippen LogP contribution in [0, 0.1) is 41.0 Å². The number of aryl methyl sites for hydroxylation is 6. The Balaban J connectivity index is 0.000000159. The number of H-pyrrole nitrogens is 1. The van der Waals surface area contributed by atoms with Crippen molar-refractivity contribution in [1.82, 2.24) is 87.7 Å². The van der Waals surface area contributed by atoms with Crippen LogP contribution in [0.1, 0.15) is 108 Å². The molecular weight excluding hydrogens is 1470 g/mol. The fourth-order valence-electron chi connectivity index (χ4n) is 10.9. The summed E-state index contributed by atoms with van der Waals surface area (Å²) in [4.78, 5) is 60.3. The number of nitrogens with two attached hydrogens (primary N) is 3. The molecule has 0 fully saturated rings. The number of hydrogen-bond donors (Lipinski definition) is 7. The van der Waals surface area contributed by atoms with Gasteiger partial charge in [0.05, 0.1) is 27.1 Å². The molecule has 0 spiro atoms. The van der Waals surface area contributed by atoms with Gasteiger partial charge in [0.1, 0.15) is 90.3 Å². The fourth-order valence-corrected chi connectivity index (χ4v) is 11.0. The molecule has 3 aliphatic heterocycles. The first-order valence-electron chi connectivity index (χ1n) is 34.0. The molecule has 0 bridgehead atoms. The highest BCUT2D eigenvalue weighted by molar-refractivity contribution is 6.28. The van der Waals surface area contributed by atoms with E-state index in [0.717, 1.165) is 110 Å². The molecule has 11 aromatic heterocycles. The summed E-state index contributed by atoms with van der Waals surface area (Å²) in [5.74, 6) is 4.70. The summed E-state index contributed by atoms with van der Waals surface area (Å²) >= 11 is 10.1. The lowest BCUT2D eigenvalue weighted by molar-refractivity contribution is -0.385. The Labute approximate surface area is 637 Å². The zero-order chi connectivity index (χ0) is 79.1. The van der Waals surface area contributed by atoms with Gasteiger partial charge in [0.25, 0.3) is 0 Å². The van der Waals surface area contributed by atoms with Gasteiger partial charge in [0.2, 0.25) is 5.28 Å². The summed E-state index contributed by atoms with van der Waals surface area (Å²) in [6.07, 6.45) is 27.2. The number of aldehydes is 1. The minimum atomic E-state index is -4.47. The number of carbonyl (C=O) groups is 1. The number of aromatic hydroxyl groups is 1. The summed E-state index contributed by atoms with van der Waals surface area (Å²) < 4.78 is 59.8. The maximum absolute atomic E-state index is 12.2. The van der Waals surface area contributed by atoms with E-state index in [1.807, 2.05) is 143 Å². The summed E-state index contributed by atoms with van der Waals surface area (Å²) in [5, 5.41) is 55.7. The van der Waals surface area contributed by atoms with Gasteiger partial charge < -0.3 is 65.1 Å². The van der Waals surface area contributed by atoms with E-state index in [9.17, 15) is 38.5 Å². The van der Waals surface area contributed by atoms with Crippen LogP contribution in [0.2, 0.25) is 5.28 Å². The van der Waals surface area contributed by atoms with E-state index in [-0.39, 0.29) is 58.1 Å². The average Bonchev–Trinajstić information content (AvgIpc) is 1.63. The number of nitrogen functional groups attached to an aromatic ring is 3. The number of rotatable bonds is 12. The molecule has 14 heterocycles. The number of ether oxygens (including phenoxy) is 2. The molecule has 38 heteroatoms. The molecule has 2 aromatic carbocycles. The van der Waals surface area contributed by atoms with Crippen molar-refractivity contribution in [2.45, 2.75) is 117 Å². The van der Waals surface area contributed by atoms with Crippen LogP contribution in [0.3, 0.4) is 0 Å². The second-order valence-corrected chi connectivity index (χ2v) is 24.5. The zero-order valence-electron chi connectivity index (χ0n) is 60.1. The number of anilines is 4. The molecule has 33 nitrogen and oxygen atoms in total. The first kappa shape index (κ1) is 82.8. The van der Waals surface area contributed by atoms with Crippen LogP contribution < -0.4 is 32.0 Å². The number of nitrogens with zero attached hydrogens (tertiary/aromatic N) is 19. The van der Waals surface area contributed by atoms with Crippen LogP contribution in [-0.4, -0.2) is 127 Å². The number of fused-ring (bicyclic) bond motifs is 4. The van der Waals surface area contributed by atoms with Crippen molar-refractivity contribution in [2.24, 2.45) is 0 Å². The van der Waals surface area contributed by atoms with E-state index in [0.29, 0.717) is 48.7 Å². The Morgan fingerprint density at radius 1 is 0.636 bits per heavy atom. The van der Waals surface area contributed by atoms with Gasteiger partial charge in [-0.05, 0) is 118 Å². The van der Waals surface area contributed by atoms with Crippen LogP contribution in [0.25, 0.3) is 5.65 Å². The van der Waals surface area contributed by atoms with Crippen LogP contribution >= 0.6 is 23.2 Å². The van der Waals surface area contributed by atoms with Crippen LogP contribution in [-0.2, 0) is 43.8 Å². The first-order chi connectivity index (χ1) is 53.0. The average molecular weight is 1550 g/mol. The Bertz CT molecular complexity index is 4950. The monoisotopic (exact) mass is 1550 g/mol. The molecule has 10 N–H and O–H groups in total. The third-order valence-corrected chi connectivity index (χ3v) is 16.6. The number of aliphatic hydroxyl groups is 1. The van der Waals surface area contributed by atoms with Crippen molar-refractivity contribution < 1.29 is 47.5 Å². The van der Waals surface area contributed by atoms with E-state index in [4.69, 9.17) is 59.8 Å². The van der Waals surface area contributed by atoms with Gasteiger partial charge in [0.15, 0.2) is 34.5 Å². The number of aromatic amines is 1. The molecule has 3 atom stereocenters. The van der Waals surface area contributed by atoms with Crippen molar-refractivity contribution >= 4 is 69.7 Å². The molecule has 0 amide bonds. The minimum absolute atomic E-state index is 0.00106. The number of nitro groups is 2. The minimum Gasteiger partial charge on any atom is -0.504 e. The van der Waals surface area contributed by atoms with Crippen LogP contribution in [0.4, 0.5) is 47.7 Å². The first-order valence-corrected chi connectivity index (χ1v) is 34.9. The Kier molecular flexibility index (Phi) is 31.1. The fraction of sp³-hybridized carbons (Fsp3) is 0.278. The maximum atomic E-state index is 12.2. The van der Waals surface area contributed by atoms with Crippen LogP contribution in [0.5, 0.6) is 17.2 Å². The molecule has 16 rings (SSSR count). The summed E-state index contributed by atoms with van der Waals surface area (Å²) in [5.41, 5.74) is 21.5. The molecule has 110 heavy (non-hydrogen) atoms. The lowest BCUT2D eigenvalue weighted by Gasteiger charge is -2.23. The molecular formula is C72H81Cl2F3N24O9. The van der Waals surface area contributed by atoms with Gasteiger partial charge in [-0.25, -0.2) is 39.9 Å². The molecule has 0 aliphatic carbocycles. The number of pyridine rings is 3. The number of benzene rings is 2. The largest absolute Gasteiger partial charge is 0.504 e. The lowest BCUT2D eigenvalue weighted by atomic mass is 10.1. The Morgan fingerprint density at radius 2 is 1.15 bits per heavy atom. The van der Waals surface area contributed by atoms with Gasteiger partial charge in [0, 0.05) is 107 Å². The molecule has 3 aliphatic rings. The highest BCUT2D eigenvalue weighted by Gasteiger charge is 2.35. The quantitative estimate of drug-likeness (QED) is 0.0196. The van der Waals surface area contributed by atoms with Gasteiger partial charge in [-0.15, -0.1) is 11.6 Å². The summed E-state index contributed by atoms with van der Waals surface area (Å²) in [6, 6.07) is 30.9. The zero-order valence-corrected chi connectivity index (χ0v) is 61.6. The van der Waals surface area contributed by atoms with Crippen molar-refractivity contribution in [3.05, 3.63) is 267 Å². The van der Waals surface area contributed by atoms with Crippen molar-refractivity contribution in [1.29, 1.82) is 0 Å². The van der Waals surface area contributed by atoms with E-state index in [1.54, 1.807) is 55.4 Å².